The molecule has 0 saturated heterocycles. The van der Waals surface area contributed by atoms with Gasteiger partial charge in [0.15, 0.2) is 0 Å². The van der Waals surface area contributed by atoms with Crippen LogP contribution in [0.3, 0.4) is 0 Å². The zero-order valence-corrected chi connectivity index (χ0v) is 9.27. The van der Waals surface area contributed by atoms with Gasteiger partial charge in [0, 0.05) is 6.54 Å². The Balaban J connectivity index is 2.50. The number of nitrogens with one attached hydrogen (secondary N) is 1. The maximum atomic E-state index is 9.00. The molecule has 0 bridgehead atoms. The summed E-state index contributed by atoms with van der Waals surface area (Å²) < 4.78 is 0. The van der Waals surface area contributed by atoms with E-state index in [1.165, 1.54) is 0 Å². The van der Waals surface area contributed by atoms with Gasteiger partial charge in [0.2, 0.25) is 0 Å². The molecule has 3 nitrogen and oxygen atoms in total. The summed E-state index contributed by atoms with van der Waals surface area (Å²) in [4.78, 5) is 0. The molecule has 15 heavy (non-hydrogen) atoms. The van der Waals surface area contributed by atoms with Crippen molar-refractivity contribution in [2.45, 2.75) is 20.4 Å². The Bertz CT molecular complexity index is 302. The van der Waals surface area contributed by atoms with Gasteiger partial charge in [-0.1, -0.05) is 38.1 Å². The second-order valence-electron chi connectivity index (χ2n) is 4.14. The van der Waals surface area contributed by atoms with Crippen molar-refractivity contribution in [3.8, 4) is 0 Å². The van der Waals surface area contributed by atoms with Gasteiger partial charge in [0.05, 0.1) is 0 Å². The largest absolute Gasteiger partial charge is 0.488 e. The van der Waals surface area contributed by atoms with Gasteiger partial charge in [0.1, 0.15) is 0 Å². The average molecular weight is 207 g/mol. The molecular weight excluding hydrogens is 189 g/mol. The highest BCUT2D eigenvalue weighted by atomic mass is 16.4. The van der Waals surface area contributed by atoms with E-state index >= 15 is 0 Å². The van der Waals surface area contributed by atoms with Crippen molar-refractivity contribution in [2.75, 3.05) is 6.54 Å². The molecule has 0 aromatic heterocycles. The third-order valence-electron chi connectivity index (χ3n) is 2.13. The van der Waals surface area contributed by atoms with E-state index in [4.69, 9.17) is 10.0 Å². The van der Waals surface area contributed by atoms with Gasteiger partial charge in [-0.05, 0) is 23.5 Å². The molecule has 0 atom stereocenters. The molecule has 1 rings (SSSR count). The second kappa shape index (κ2) is 5.90. The summed E-state index contributed by atoms with van der Waals surface area (Å²) in [5.74, 6) is 0.622. The Morgan fingerprint density at radius 2 is 2.07 bits per heavy atom. The lowest BCUT2D eigenvalue weighted by Gasteiger charge is -2.08. The molecule has 0 aliphatic rings. The topological polar surface area (TPSA) is 52.5 Å². The highest BCUT2D eigenvalue weighted by Gasteiger charge is 2.10. The molecule has 0 amide bonds. The standard InChI is InChI=1S/C11H18BNO2/c1-9(2)7-13-8-10-4-3-5-11(6-10)12(14)15/h3-6,9,13-15H,7-8H2,1-2H3. The van der Waals surface area contributed by atoms with Crippen molar-refractivity contribution in [1.29, 1.82) is 0 Å². The molecule has 4 heteroatoms. The Morgan fingerprint density at radius 3 is 2.67 bits per heavy atom. The summed E-state index contributed by atoms with van der Waals surface area (Å²) in [7, 11) is -1.38. The fourth-order valence-corrected chi connectivity index (χ4v) is 1.37. The van der Waals surface area contributed by atoms with Gasteiger partial charge in [-0.3, -0.25) is 0 Å². The van der Waals surface area contributed by atoms with E-state index in [2.05, 4.69) is 19.2 Å². The molecule has 0 fully saturated rings. The molecule has 0 unspecified atom stereocenters. The number of hydrogen-bond donors (Lipinski definition) is 3. The fraction of sp³-hybridized carbons (Fsp3) is 0.455. The monoisotopic (exact) mass is 207 g/mol. The Labute approximate surface area is 91.3 Å². The molecule has 0 radical (unpaired) electrons. The summed E-state index contributed by atoms with van der Waals surface area (Å²) in [6.07, 6.45) is 0. The molecular formula is C11H18BNO2. The lowest BCUT2D eigenvalue weighted by atomic mass is 9.79. The number of rotatable bonds is 5. The van der Waals surface area contributed by atoms with Crippen LogP contribution in [0.5, 0.6) is 0 Å². The van der Waals surface area contributed by atoms with E-state index in [-0.39, 0.29) is 0 Å². The van der Waals surface area contributed by atoms with E-state index in [0.717, 1.165) is 18.7 Å². The molecule has 0 aliphatic heterocycles. The van der Waals surface area contributed by atoms with Gasteiger partial charge in [-0.15, -0.1) is 0 Å². The Hall–Kier alpha value is -0.835. The van der Waals surface area contributed by atoms with Crippen LogP contribution in [0, 0.1) is 5.92 Å². The molecule has 1 aromatic carbocycles. The minimum Gasteiger partial charge on any atom is -0.423 e. The quantitative estimate of drug-likeness (QED) is 0.601. The molecule has 0 aliphatic carbocycles. The van der Waals surface area contributed by atoms with Crippen LogP contribution in [0.25, 0.3) is 0 Å². The van der Waals surface area contributed by atoms with Crippen molar-refractivity contribution in [2.24, 2.45) is 5.92 Å². The first-order chi connectivity index (χ1) is 7.09. The molecule has 0 saturated carbocycles. The summed E-state index contributed by atoms with van der Waals surface area (Å²) in [6.45, 7) is 6.03. The van der Waals surface area contributed by atoms with Crippen LogP contribution < -0.4 is 10.8 Å². The molecule has 3 N–H and O–H groups in total. The van der Waals surface area contributed by atoms with Crippen LogP contribution in [-0.4, -0.2) is 23.7 Å². The minimum atomic E-state index is -1.38. The summed E-state index contributed by atoms with van der Waals surface area (Å²) in [5, 5.41) is 21.3. The number of benzene rings is 1. The molecule has 0 heterocycles. The van der Waals surface area contributed by atoms with Gasteiger partial charge >= 0.3 is 7.12 Å². The predicted molar refractivity (Wildman–Crippen MR) is 62.8 cm³/mol. The summed E-state index contributed by atoms with van der Waals surface area (Å²) in [6, 6.07) is 7.31. The zero-order valence-electron chi connectivity index (χ0n) is 9.27. The SMILES string of the molecule is CC(C)CNCc1cccc(B(O)O)c1. The molecule has 1 aromatic rings. The van der Waals surface area contributed by atoms with Gasteiger partial charge < -0.3 is 15.4 Å². The first kappa shape index (κ1) is 12.2. The lowest BCUT2D eigenvalue weighted by Crippen LogP contribution is -2.30. The van der Waals surface area contributed by atoms with E-state index in [9.17, 15) is 0 Å². The smallest absolute Gasteiger partial charge is 0.423 e. The van der Waals surface area contributed by atoms with Gasteiger partial charge in [-0.2, -0.15) is 0 Å². The summed E-state index contributed by atoms with van der Waals surface area (Å²) in [5.41, 5.74) is 1.61. The maximum absolute atomic E-state index is 9.00. The van der Waals surface area contributed by atoms with Crippen molar-refractivity contribution in [1.82, 2.24) is 5.32 Å². The van der Waals surface area contributed by atoms with Crippen LogP contribution in [0.15, 0.2) is 24.3 Å². The zero-order chi connectivity index (χ0) is 11.3. The van der Waals surface area contributed by atoms with Crippen molar-refractivity contribution < 1.29 is 10.0 Å². The van der Waals surface area contributed by atoms with E-state index in [1.807, 2.05) is 12.1 Å². The van der Waals surface area contributed by atoms with Crippen LogP contribution >= 0.6 is 0 Å². The lowest BCUT2D eigenvalue weighted by molar-refractivity contribution is 0.425. The van der Waals surface area contributed by atoms with Crippen LogP contribution in [0.1, 0.15) is 19.4 Å². The van der Waals surface area contributed by atoms with Crippen LogP contribution in [0.2, 0.25) is 0 Å². The third kappa shape index (κ3) is 4.47. The van der Waals surface area contributed by atoms with E-state index in [0.29, 0.717) is 11.4 Å². The summed E-state index contributed by atoms with van der Waals surface area (Å²) >= 11 is 0. The normalized spacial score (nSPS) is 10.7. The molecule has 82 valence electrons. The van der Waals surface area contributed by atoms with E-state index in [1.54, 1.807) is 12.1 Å². The fourth-order valence-electron chi connectivity index (χ4n) is 1.37. The average Bonchev–Trinajstić information content (AvgIpc) is 2.17. The van der Waals surface area contributed by atoms with Crippen molar-refractivity contribution in [3.63, 3.8) is 0 Å². The van der Waals surface area contributed by atoms with Gasteiger partial charge in [0.25, 0.3) is 0 Å². The van der Waals surface area contributed by atoms with Crippen LogP contribution in [-0.2, 0) is 6.54 Å². The molecule has 0 spiro atoms. The first-order valence-electron chi connectivity index (χ1n) is 5.25. The van der Waals surface area contributed by atoms with Gasteiger partial charge in [-0.25, -0.2) is 0 Å². The maximum Gasteiger partial charge on any atom is 0.488 e. The third-order valence-corrected chi connectivity index (χ3v) is 2.13. The van der Waals surface area contributed by atoms with Crippen LogP contribution in [0.4, 0.5) is 0 Å². The van der Waals surface area contributed by atoms with Crippen molar-refractivity contribution >= 4 is 12.6 Å². The predicted octanol–water partition coefficient (Wildman–Crippen LogP) is 0.112. The second-order valence-corrected chi connectivity index (χ2v) is 4.14. The number of hydrogen-bond acceptors (Lipinski definition) is 3. The van der Waals surface area contributed by atoms with Crippen molar-refractivity contribution in [3.05, 3.63) is 29.8 Å². The highest BCUT2D eigenvalue weighted by molar-refractivity contribution is 6.58. The minimum absolute atomic E-state index is 0.541. The highest BCUT2D eigenvalue weighted by Crippen LogP contribution is 1.97. The first-order valence-corrected chi connectivity index (χ1v) is 5.25. The Morgan fingerprint density at radius 1 is 1.33 bits per heavy atom. The van der Waals surface area contributed by atoms with E-state index < -0.39 is 7.12 Å². The Kier molecular flexibility index (Phi) is 4.82.